The van der Waals surface area contributed by atoms with Crippen LogP contribution in [0.5, 0.6) is 5.75 Å². The molecule has 0 aliphatic carbocycles. The van der Waals surface area contributed by atoms with Gasteiger partial charge < -0.3 is 4.74 Å². The van der Waals surface area contributed by atoms with Crippen molar-refractivity contribution in [1.82, 2.24) is 5.43 Å². The van der Waals surface area contributed by atoms with Crippen molar-refractivity contribution in [2.45, 2.75) is 32.7 Å². The summed E-state index contributed by atoms with van der Waals surface area (Å²) in [7, 11) is 1.46. The predicted octanol–water partition coefficient (Wildman–Crippen LogP) is 2.77. The van der Waals surface area contributed by atoms with E-state index in [9.17, 15) is 4.39 Å². The number of halogens is 1. The Labute approximate surface area is 102 Å². The average molecular weight is 240 g/mol. The van der Waals surface area contributed by atoms with Crippen LogP contribution in [0.3, 0.4) is 0 Å². The molecule has 0 radical (unpaired) electrons. The van der Waals surface area contributed by atoms with Crippen molar-refractivity contribution in [3.05, 3.63) is 29.6 Å². The van der Waals surface area contributed by atoms with E-state index >= 15 is 0 Å². The van der Waals surface area contributed by atoms with Gasteiger partial charge in [0.25, 0.3) is 0 Å². The molecule has 0 aliphatic rings. The Morgan fingerprint density at radius 1 is 1.35 bits per heavy atom. The molecule has 1 aromatic carbocycles. The lowest BCUT2D eigenvalue weighted by molar-refractivity contribution is 0.341. The molecule has 0 bridgehead atoms. The second kappa shape index (κ2) is 6.57. The molecule has 96 valence electrons. The fourth-order valence-corrected chi connectivity index (χ4v) is 2.13. The maximum Gasteiger partial charge on any atom is 0.165 e. The van der Waals surface area contributed by atoms with Crippen molar-refractivity contribution >= 4 is 0 Å². The van der Waals surface area contributed by atoms with E-state index in [1.165, 1.54) is 13.2 Å². The van der Waals surface area contributed by atoms with Gasteiger partial charge in [-0.15, -0.1) is 0 Å². The van der Waals surface area contributed by atoms with Crippen LogP contribution in [0.1, 0.15) is 38.3 Å². The Kier molecular flexibility index (Phi) is 5.38. The van der Waals surface area contributed by atoms with E-state index in [1.807, 2.05) is 0 Å². The molecule has 3 nitrogen and oxygen atoms in total. The molecule has 0 aromatic heterocycles. The molecular weight excluding hydrogens is 219 g/mol. The van der Waals surface area contributed by atoms with Gasteiger partial charge in [-0.05, 0) is 23.6 Å². The number of nitrogens with two attached hydrogens (primary N) is 1. The van der Waals surface area contributed by atoms with E-state index in [2.05, 4.69) is 19.3 Å². The van der Waals surface area contributed by atoms with Crippen LogP contribution < -0.4 is 16.0 Å². The Hall–Kier alpha value is -1.13. The van der Waals surface area contributed by atoms with Crippen LogP contribution in [0.2, 0.25) is 0 Å². The zero-order valence-electron chi connectivity index (χ0n) is 10.7. The number of hydrogen-bond acceptors (Lipinski definition) is 3. The van der Waals surface area contributed by atoms with Crippen molar-refractivity contribution in [3.63, 3.8) is 0 Å². The van der Waals surface area contributed by atoms with Gasteiger partial charge >= 0.3 is 0 Å². The lowest BCUT2D eigenvalue weighted by atomic mass is 9.89. The van der Waals surface area contributed by atoms with Gasteiger partial charge in [0, 0.05) is 6.04 Å². The third kappa shape index (κ3) is 3.17. The van der Waals surface area contributed by atoms with Gasteiger partial charge in [-0.25, -0.2) is 4.39 Å². The van der Waals surface area contributed by atoms with Crippen LogP contribution in [-0.4, -0.2) is 7.11 Å². The van der Waals surface area contributed by atoms with Gasteiger partial charge in [0.2, 0.25) is 0 Å². The van der Waals surface area contributed by atoms with Gasteiger partial charge in [-0.1, -0.05) is 32.8 Å². The summed E-state index contributed by atoms with van der Waals surface area (Å²) in [6.07, 6.45) is 2.04. The van der Waals surface area contributed by atoms with Crippen LogP contribution in [0.15, 0.2) is 18.2 Å². The zero-order valence-corrected chi connectivity index (χ0v) is 10.7. The quantitative estimate of drug-likeness (QED) is 0.593. The highest BCUT2D eigenvalue weighted by Crippen LogP contribution is 2.29. The molecule has 1 rings (SSSR count). The highest BCUT2D eigenvalue weighted by atomic mass is 19.1. The SMILES string of the molecule is CCC(CC)C(NN)c1ccc(F)c(OC)c1. The van der Waals surface area contributed by atoms with Crippen LogP contribution in [-0.2, 0) is 0 Å². The maximum atomic E-state index is 13.3. The largest absolute Gasteiger partial charge is 0.494 e. The van der Waals surface area contributed by atoms with Crippen molar-refractivity contribution in [3.8, 4) is 5.75 Å². The van der Waals surface area contributed by atoms with Crippen molar-refractivity contribution in [1.29, 1.82) is 0 Å². The molecule has 1 atom stereocenters. The summed E-state index contributed by atoms with van der Waals surface area (Å²) >= 11 is 0. The zero-order chi connectivity index (χ0) is 12.8. The monoisotopic (exact) mass is 240 g/mol. The van der Waals surface area contributed by atoms with Crippen LogP contribution >= 0.6 is 0 Å². The highest BCUT2D eigenvalue weighted by Gasteiger charge is 2.20. The molecule has 0 saturated heterocycles. The van der Waals surface area contributed by atoms with E-state index in [4.69, 9.17) is 10.6 Å². The Balaban J connectivity index is 3.03. The molecule has 0 fully saturated rings. The van der Waals surface area contributed by atoms with Gasteiger partial charge in [0.05, 0.1) is 7.11 Å². The van der Waals surface area contributed by atoms with Crippen LogP contribution in [0, 0.1) is 11.7 Å². The summed E-state index contributed by atoms with van der Waals surface area (Å²) in [5.74, 6) is 5.94. The molecule has 17 heavy (non-hydrogen) atoms. The van der Waals surface area contributed by atoms with E-state index < -0.39 is 0 Å². The van der Waals surface area contributed by atoms with E-state index in [-0.39, 0.29) is 17.6 Å². The molecule has 0 heterocycles. The van der Waals surface area contributed by atoms with E-state index in [0.717, 1.165) is 18.4 Å². The topological polar surface area (TPSA) is 47.3 Å². The summed E-state index contributed by atoms with van der Waals surface area (Å²) in [5.41, 5.74) is 3.77. The lowest BCUT2D eigenvalue weighted by Gasteiger charge is -2.25. The molecule has 0 aliphatic heterocycles. The fourth-order valence-electron chi connectivity index (χ4n) is 2.13. The second-order valence-corrected chi connectivity index (χ2v) is 4.11. The number of hydrazine groups is 1. The molecule has 0 amide bonds. The average Bonchev–Trinajstić information content (AvgIpc) is 2.36. The number of hydrogen-bond donors (Lipinski definition) is 2. The molecule has 0 spiro atoms. The molecule has 1 aromatic rings. The third-order valence-electron chi connectivity index (χ3n) is 3.23. The molecular formula is C13H21FN2O. The summed E-state index contributed by atoms with van der Waals surface area (Å²) in [5, 5.41) is 0. The summed E-state index contributed by atoms with van der Waals surface area (Å²) in [6.45, 7) is 4.25. The number of benzene rings is 1. The van der Waals surface area contributed by atoms with Crippen molar-refractivity contribution in [2.75, 3.05) is 7.11 Å². The standard InChI is InChI=1S/C13H21FN2O/c1-4-9(5-2)13(16-15)10-6-7-11(14)12(8-10)17-3/h6-9,13,16H,4-5,15H2,1-3H3. The van der Waals surface area contributed by atoms with Gasteiger partial charge in [-0.2, -0.15) is 0 Å². The minimum absolute atomic E-state index is 0.0273. The Bertz CT molecular complexity index is 353. The summed E-state index contributed by atoms with van der Waals surface area (Å²) < 4.78 is 18.3. The third-order valence-corrected chi connectivity index (χ3v) is 3.23. The van der Waals surface area contributed by atoms with Crippen LogP contribution in [0.25, 0.3) is 0 Å². The Morgan fingerprint density at radius 2 is 2.00 bits per heavy atom. The van der Waals surface area contributed by atoms with Gasteiger partial charge in [0.15, 0.2) is 11.6 Å². The number of methoxy groups -OCH3 is 1. The first-order chi connectivity index (χ1) is 8.17. The van der Waals surface area contributed by atoms with Gasteiger partial charge in [-0.3, -0.25) is 11.3 Å². The van der Waals surface area contributed by atoms with Crippen LogP contribution in [0.4, 0.5) is 4.39 Å². The highest BCUT2D eigenvalue weighted by molar-refractivity contribution is 5.32. The first kappa shape index (κ1) is 13.9. The second-order valence-electron chi connectivity index (χ2n) is 4.11. The summed E-state index contributed by atoms with van der Waals surface area (Å²) in [4.78, 5) is 0. The molecule has 3 N–H and O–H groups in total. The predicted molar refractivity (Wildman–Crippen MR) is 67.1 cm³/mol. The number of rotatable bonds is 6. The normalized spacial score (nSPS) is 12.8. The molecule has 4 heteroatoms. The van der Waals surface area contributed by atoms with E-state index in [1.54, 1.807) is 12.1 Å². The summed E-state index contributed by atoms with van der Waals surface area (Å²) in [6, 6.07) is 4.90. The smallest absolute Gasteiger partial charge is 0.165 e. The number of nitrogens with one attached hydrogen (secondary N) is 1. The first-order valence-corrected chi connectivity index (χ1v) is 5.97. The molecule has 0 saturated carbocycles. The van der Waals surface area contributed by atoms with E-state index in [0.29, 0.717) is 5.92 Å². The minimum atomic E-state index is -0.350. The minimum Gasteiger partial charge on any atom is -0.494 e. The van der Waals surface area contributed by atoms with Gasteiger partial charge in [0.1, 0.15) is 0 Å². The lowest BCUT2D eigenvalue weighted by Crippen LogP contribution is -2.33. The van der Waals surface area contributed by atoms with Crippen molar-refractivity contribution < 1.29 is 9.13 Å². The Morgan fingerprint density at radius 3 is 2.47 bits per heavy atom. The first-order valence-electron chi connectivity index (χ1n) is 5.97. The van der Waals surface area contributed by atoms with Crippen molar-refractivity contribution in [2.24, 2.45) is 11.8 Å². The number of ether oxygens (including phenoxy) is 1. The molecule has 1 unspecified atom stereocenters. The fraction of sp³-hybridized carbons (Fsp3) is 0.538. The maximum absolute atomic E-state index is 13.3.